The van der Waals surface area contributed by atoms with E-state index in [0.717, 1.165) is 11.8 Å². The molecule has 1 aromatic carbocycles. The number of β-lactam (4-membered cyclic amide) rings is 1. The predicted octanol–water partition coefficient (Wildman–Crippen LogP) is 1.47. The first-order valence-electron chi connectivity index (χ1n) is 12.4. The molecule has 0 aromatic heterocycles. The number of nitrogens with zero attached hydrogens (tertiary/aromatic N) is 1. The molecule has 2 saturated heterocycles. The van der Waals surface area contributed by atoms with Gasteiger partial charge >= 0.3 is 18.0 Å². The zero-order valence-corrected chi connectivity index (χ0v) is 23.6. The Hall–Kier alpha value is -3.32. The zero-order valence-electron chi connectivity index (χ0n) is 22.8. The monoisotopic (exact) mass is 565 g/mol. The molecule has 3 amide bonds. The van der Waals surface area contributed by atoms with Gasteiger partial charge < -0.3 is 34.9 Å². The molecule has 2 fully saturated rings. The van der Waals surface area contributed by atoms with Crippen molar-refractivity contribution in [1.82, 2.24) is 15.5 Å². The van der Waals surface area contributed by atoms with E-state index in [1.165, 1.54) is 4.90 Å². The van der Waals surface area contributed by atoms with Gasteiger partial charge in [-0.3, -0.25) is 14.4 Å². The molecule has 12 nitrogen and oxygen atoms in total. The fraction of sp³-hybridized carbons (Fsp3) is 0.577. The molecule has 0 spiro atoms. The maximum absolute atomic E-state index is 13.2. The number of amides is 3. The number of aliphatic hydroxyl groups is 1. The second-order valence-corrected chi connectivity index (χ2v) is 12.5. The lowest BCUT2D eigenvalue weighted by Crippen LogP contribution is -2.75. The van der Waals surface area contributed by atoms with Gasteiger partial charge in [-0.05, 0) is 47.1 Å². The number of hydrogen-bond acceptors (Lipinski definition) is 10. The van der Waals surface area contributed by atoms with Crippen molar-refractivity contribution < 1.29 is 43.3 Å². The number of ether oxygens (including phenoxy) is 3. The van der Waals surface area contributed by atoms with Gasteiger partial charge in [0.05, 0.1) is 12.0 Å². The van der Waals surface area contributed by atoms with Crippen LogP contribution < -0.4 is 10.6 Å². The number of esters is 2. The first kappa shape index (κ1) is 30.2. The van der Waals surface area contributed by atoms with Crippen molar-refractivity contribution in [2.24, 2.45) is 5.41 Å². The summed E-state index contributed by atoms with van der Waals surface area (Å²) < 4.78 is 15.1. The summed E-state index contributed by atoms with van der Waals surface area (Å²) in [5.74, 6) is -2.84. The van der Waals surface area contributed by atoms with Gasteiger partial charge in [0.2, 0.25) is 18.6 Å². The number of carbonyl (C=O) groups is 5. The highest BCUT2D eigenvalue weighted by atomic mass is 32.2. The van der Waals surface area contributed by atoms with Crippen LogP contribution in [0.1, 0.15) is 53.1 Å². The lowest BCUT2D eigenvalue weighted by atomic mass is 9.98. The third-order valence-corrected chi connectivity index (χ3v) is 7.30. The fourth-order valence-corrected chi connectivity index (χ4v) is 5.17. The smallest absolute Gasteiger partial charge is 0.408 e. The second kappa shape index (κ2) is 11.4. The fourth-order valence-electron chi connectivity index (χ4n) is 3.78. The number of rotatable bonds is 7. The van der Waals surface area contributed by atoms with Gasteiger partial charge in [0.1, 0.15) is 23.1 Å². The quantitative estimate of drug-likeness (QED) is 0.251. The Balaban J connectivity index is 1.60. The van der Waals surface area contributed by atoms with Crippen molar-refractivity contribution in [1.29, 1.82) is 0 Å². The summed E-state index contributed by atoms with van der Waals surface area (Å²) in [6, 6.07) is 6.46. The van der Waals surface area contributed by atoms with E-state index in [1.807, 2.05) is 0 Å². The molecule has 3 unspecified atom stereocenters. The third-order valence-electron chi connectivity index (χ3n) is 5.79. The summed E-state index contributed by atoms with van der Waals surface area (Å²) in [5, 5.41) is 15.5. The normalized spacial score (nSPS) is 23.5. The maximum Gasteiger partial charge on any atom is 0.408 e. The van der Waals surface area contributed by atoms with E-state index in [9.17, 15) is 29.1 Å². The van der Waals surface area contributed by atoms with E-state index in [0.29, 0.717) is 5.56 Å². The summed E-state index contributed by atoms with van der Waals surface area (Å²) in [6.07, 6.45) is -0.795. The molecule has 39 heavy (non-hydrogen) atoms. The van der Waals surface area contributed by atoms with Crippen molar-refractivity contribution in [3.63, 3.8) is 0 Å². The van der Waals surface area contributed by atoms with Crippen molar-refractivity contribution in [2.75, 3.05) is 19.1 Å². The molecule has 0 aliphatic carbocycles. The highest BCUT2D eigenvalue weighted by Gasteiger charge is 2.57. The second-order valence-electron chi connectivity index (χ2n) is 11.4. The van der Waals surface area contributed by atoms with Gasteiger partial charge in [-0.25, -0.2) is 9.59 Å². The van der Waals surface area contributed by atoms with E-state index in [1.54, 1.807) is 71.9 Å². The zero-order chi connectivity index (χ0) is 29.2. The Morgan fingerprint density at radius 2 is 1.74 bits per heavy atom. The number of benzene rings is 1. The van der Waals surface area contributed by atoms with Gasteiger partial charge in [-0.2, -0.15) is 0 Å². The van der Waals surface area contributed by atoms with Crippen molar-refractivity contribution >= 4 is 41.6 Å². The molecule has 0 bridgehead atoms. The Morgan fingerprint density at radius 3 is 2.33 bits per heavy atom. The topological polar surface area (TPSA) is 161 Å². The Labute approximate surface area is 231 Å². The van der Waals surface area contributed by atoms with Gasteiger partial charge in [0, 0.05) is 5.75 Å². The molecule has 0 saturated carbocycles. The largest absolute Gasteiger partial charge is 0.444 e. The standard InChI is InChI=1S/C26H35N3O9S/c1-24(2,3)21(32)36-14-37-22(33)26(35)12-29-19(31)17(20(29)39-13-26)27-18(30)16(15-10-8-7-9-11-15)28-23(34)38-25(4,5)6/h7-11,16-17,20,35H,12-14H2,1-6H3,(H,27,30)(H,28,34)/t16?,17?,20-,26?/m1/s1. The number of hydrogen-bond donors (Lipinski definition) is 3. The number of fused-ring (bicyclic) bond motifs is 1. The highest BCUT2D eigenvalue weighted by molar-refractivity contribution is 8.00. The van der Waals surface area contributed by atoms with Crippen molar-refractivity contribution in [3.8, 4) is 0 Å². The van der Waals surface area contributed by atoms with Crippen LogP contribution in [0.5, 0.6) is 0 Å². The molecular formula is C26H35N3O9S. The number of alkyl carbamates (subject to hydrolysis) is 1. The van der Waals surface area contributed by atoms with Crippen LogP contribution in [0.15, 0.2) is 30.3 Å². The van der Waals surface area contributed by atoms with Crippen LogP contribution in [0.2, 0.25) is 0 Å². The molecule has 2 heterocycles. The Morgan fingerprint density at radius 1 is 1.10 bits per heavy atom. The highest BCUT2D eigenvalue weighted by Crippen LogP contribution is 2.39. The Kier molecular flexibility index (Phi) is 8.85. The van der Waals surface area contributed by atoms with Gasteiger partial charge in [0.15, 0.2) is 5.60 Å². The van der Waals surface area contributed by atoms with E-state index >= 15 is 0 Å². The van der Waals surface area contributed by atoms with Crippen LogP contribution in [0, 0.1) is 5.41 Å². The van der Waals surface area contributed by atoms with Crippen LogP contribution in [-0.4, -0.2) is 81.6 Å². The first-order valence-corrected chi connectivity index (χ1v) is 13.4. The average Bonchev–Trinajstić information content (AvgIpc) is 2.84. The third kappa shape index (κ3) is 7.41. The SMILES string of the molecule is CC(C)(C)OC(=O)NC(C(=O)NC1C(=O)N2CC(O)(C(=O)OCOC(=O)C(C)(C)C)CS[C@H]12)c1ccccc1. The molecule has 2 aliphatic rings. The summed E-state index contributed by atoms with van der Waals surface area (Å²) in [4.78, 5) is 64.1. The van der Waals surface area contributed by atoms with E-state index < -0.39 is 70.7 Å². The summed E-state index contributed by atoms with van der Waals surface area (Å²) in [7, 11) is 0. The van der Waals surface area contributed by atoms with Gasteiger partial charge in [0.25, 0.3) is 0 Å². The first-order chi connectivity index (χ1) is 18.0. The molecule has 13 heteroatoms. The van der Waals surface area contributed by atoms with E-state index in [4.69, 9.17) is 14.2 Å². The van der Waals surface area contributed by atoms with Crippen LogP contribution in [0.25, 0.3) is 0 Å². The molecule has 1 aromatic rings. The minimum atomic E-state index is -2.01. The number of thioether (sulfide) groups is 1. The summed E-state index contributed by atoms with van der Waals surface area (Å²) in [6.45, 7) is 9.00. The molecule has 4 atom stereocenters. The lowest BCUT2D eigenvalue weighted by molar-refractivity contribution is -0.187. The van der Waals surface area contributed by atoms with Crippen LogP contribution >= 0.6 is 11.8 Å². The molecule has 0 radical (unpaired) electrons. The van der Waals surface area contributed by atoms with Gasteiger partial charge in [-0.15, -0.1) is 11.8 Å². The van der Waals surface area contributed by atoms with Crippen LogP contribution in [0.4, 0.5) is 4.79 Å². The minimum absolute atomic E-state index is 0.113. The van der Waals surface area contributed by atoms with E-state index in [2.05, 4.69) is 10.6 Å². The molecule has 3 rings (SSSR count). The number of carbonyl (C=O) groups excluding carboxylic acids is 5. The lowest BCUT2D eigenvalue weighted by Gasteiger charge is -2.52. The number of nitrogens with one attached hydrogen (secondary N) is 2. The summed E-state index contributed by atoms with van der Waals surface area (Å²) in [5.41, 5.74) is -3.09. The van der Waals surface area contributed by atoms with E-state index in [-0.39, 0.29) is 12.3 Å². The Bertz CT molecular complexity index is 1120. The summed E-state index contributed by atoms with van der Waals surface area (Å²) >= 11 is 1.10. The predicted molar refractivity (Wildman–Crippen MR) is 140 cm³/mol. The molecule has 214 valence electrons. The molecular weight excluding hydrogens is 530 g/mol. The minimum Gasteiger partial charge on any atom is -0.444 e. The average molecular weight is 566 g/mol. The van der Waals surface area contributed by atoms with Gasteiger partial charge in [-0.1, -0.05) is 30.3 Å². The van der Waals surface area contributed by atoms with Crippen molar-refractivity contribution in [3.05, 3.63) is 35.9 Å². The maximum atomic E-state index is 13.2. The molecule has 3 N–H and O–H groups in total. The van der Waals surface area contributed by atoms with Crippen molar-refractivity contribution in [2.45, 2.75) is 70.2 Å². The van der Waals surface area contributed by atoms with Crippen LogP contribution in [0.3, 0.4) is 0 Å². The van der Waals surface area contributed by atoms with Crippen LogP contribution in [-0.2, 0) is 33.4 Å². The molecule has 2 aliphatic heterocycles.